The van der Waals surface area contributed by atoms with Crippen molar-refractivity contribution in [3.05, 3.63) is 384 Å². The molecule has 0 bridgehead atoms. The van der Waals surface area contributed by atoms with Crippen molar-refractivity contribution in [1.29, 1.82) is 10.5 Å². The Hall–Kier alpha value is -15.0. The molecule has 0 radical (unpaired) electrons. The summed E-state index contributed by atoms with van der Waals surface area (Å²) in [7, 11) is -25.4. The molecule has 0 atom stereocenters. The fourth-order valence-corrected chi connectivity index (χ4v) is 22.3. The van der Waals surface area contributed by atoms with E-state index in [0.29, 0.717) is 111 Å². The molecule has 0 fully saturated rings. The molecule has 148 heavy (non-hydrogen) atoms. The first kappa shape index (κ1) is 107. The largest absolute Gasteiger partial charge is 0.497 e. The highest BCUT2D eigenvalue weighted by Crippen LogP contribution is 2.45. The molecule has 16 aromatic carbocycles. The minimum atomic E-state index is -5.04. The van der Waals surface area contributed by atoms with Gasteiger partial charge in [0.25, 0.3) is 30.4 Å². The number of sulfone groups is 3. The van der Waals surface area contributed by atoms with E-state index in [-0.39, 0.29) is 80.9 Å². The number of hydrogen-bond donors (Lipinski definition) is 6. The van der Waals surface area contributed by atoms with Crippen LogP contribution in [0, 0.1) is 36.5 Å². The Bertz CT molecular complexity index is 8430. The molecule has 16 rings (SSSR count). The monoisotopic (exact) mass is 2170 g/mol. The number of nitriles is 2. The minimum Gasteiger partial charge on any atom is -0.497 e. The first-order chi connectivity index (χ1) is 70.9. The maximum absolute atomic E-state index is 14.0. The highest BCUT2D eigenvalue weighted by molar-refractivity contribution is 7.95. The molecule has 16 aromatic rings. The minimum absolute atomic E-state index is 0.0144. The molecule has 44 heteroatoms. The van der Waals surface area contributed by atoms with E-state index in [1.54, 1.807) is 123 Å². The van der Waals surface area contributed by atoms with Crippen molar-refractivity contribution in [3.8, 4) is 126 Å². The zero-order valence-corrected chi connectivity index (χ0v) is 84.4. The molecule has 0 spiro atoms. The van der Waals surface area contributed by atoms with E-state index in [4.69, 9.17) is 58.4 Å². The van der Waals surface area contributed by atoms with Gasteiger partial charge in [-0.1, -0.05) is 136 Å². The van der Waals surface area contributed by atoms with Gasteiger partial charge in [0.2, 0.25) is 29.5 Å². The molecular formula is C104H78N2O33S9. The molecule has 0 aliphatic heterocycles. The van der Waals surface area contributed by atoms with Crippen LogP contribution in [0.1, 0.15) is 44.5 Å². The normalized spacial score (nSPS) is 11.6. The van der Waals surface area contributed by atoms with Gasteiger partial charge in [0, 0.05) is 4.90 Å². The number of aryl methyl sites for hydroxylation is 2. The van der Waals surface area contributed by atoms with E-state index < -0.39 is 89.2 Å². The van der Waals surface area contributed by atoms with E-state index in [0.717, 1.165) is 105 Å². The molecule has 0 aliphatic carbocycles. The first-order valence-electron chi connectivity index (χ1n) is 43.0. The van der Waals surface area contributed by atoms with E-state index in [1.807, 2.05) is 116 Å². The quantitative estimate of drug-likeness (QED) is 0.00899. The van der Waals surface area contributed by atoms with Gasteiger partial charge in [-0.05, 0) is 301 Å². The molecule has 0 heterocycles. The van der Waals surface area contributed by atoms with E-state index in [2.05, 4.69) is 40.3 Å². The van der Waals surface area contributed by atoms with Gasteiger partial charge in [-0.2, -0.15) is 35.8 Å². The predicted octanol–water partition coefficient (Wildman–Crippen LogP) is 24.3. The van der Waals surface area contributed by atoms with Crippen LogP contribution in [0.15, 0.2) is 398 Å². The number of benzene rings is 16. The van der Waals surface area contributed by atoms with Gasteiger partial charge in [0.1, 0.15) is 124 Å². The summed E-state index contributed by atoms with van der Waals surface area (Å²) in [6.45, 7) is 3.52. The van der Waals surface area contributed by atoms with Crippen LogP contribution in [0.4, 0.5) is 0 Å². The zero-order valence-electron chi connectivity index (χ0n) is 77.0. The van der Waals surface area contributed by atoms with E-state index in [1.165, 1.54) is 67.8 Å². The molecule has 0 saturated heterocycles. The van der Waals surface area contributed by atoms with Gasteiger partial charge in [0.15, 0.2) is 0 Å². The molecule has 0 saturated carbocycles. The standard InChI is InChI=1S/C53H38N2O13S3.C51H40O20S6/c1-34-5-3-6-47(45(34)32-54)63-41-21-13-37(14-22-41)38-15-23-42(24-16-38)65-49-8-4-7-48(46(49)33-55)64-39-17-9-35(10-18-39)29-36-11-19-40(20-12-36)66-50-27-25-43(30-52(50)69-68-67-56)70(57,58)44-26-28-51(62-2)53(31-44)71(59,60)61;1-32-3-20-41(28-48(32)72-70-68-52)74(54,55)43-22-26-47(51(30-43)77(61,62)63)67-40-18-10-36(11-19-40)35-8-16-39(17-9-35)65-45-24-21-42(29-49(45)73-71-69-53)75(56,57)44-23-25-46(50(31-44)76(58,59)60)66-38-14-6-34(7-15-38)27-33-4-12-37(64-2)13-5-33/h3-28,30-31,56H,29H2,1-2H3,(H,59,60,61);3-26,28-31,52-53H,27H2,1-2H3,(H,58,59,60)(H,61,62,63). The van der Waals surface area contributed by atoms with Crippen molar-refractivity contribution in [3.63, 3.8) is 0 Å². The highest BCUT2D eigenvalue weighted by atomic mass is 32.2. The lowest BCUT2D eigenvalue weighted by Crippen LogP contribution is -2.07. The van der Waals surface area contributed by atoms with Gasteiger partial charge in [-0.15, -0.1) is 13.0 Å². The number of nitrogens with zero attached hydrogens (tertiary/aromatic N) is 2. The summed E-state index contributed by atoms with van der Waals surface area (Å²) < 4.78 is 252. The van der Waals surface area contributed by atoms with Crippen LogP contribution in [0.3, 0.4) is 0 Å². The van der Waals surface area contributed by atoms with Crippen LogP contribution in [-0.4, -0.2) is 94.2 Å². The van der Waals surface area contributed by atoms with Crippen LogP contribution in [0.25, 0.3) is 22.3 Å². The van der Waals surface area contributed by atoms with E-state index >= 15 is 0 Å². The number of methoxy groups -OCH3 is 2. The maximum Gasteiger partial charge on any atom is 0.298 e. The molecule has 0 unspecified atom stereocenters. The lowest BCUT2D eigenvalue weighted by atomic mass is 10.0. The van der Waals surface area contributed by atoms with Crippen molar-refractivity contribution in [2.45, 2.75) is 85.4 Å². The van der Waals surface area contributed by atoms with Crippen molar-refractivity contribution in [2.75, 3.05) is 14.2 Å². The Morgan fingerprint density at radius 1 is 0.257 bits per heavy atom. The molecule has 0 amide bonds. The molecule has 6 N–H and O–H groups in total. The average molecular weight is 2170 g/mol. The molecule has 35 nitrogen and oxygen atoms in total. The van der Waals surface area contributed by atoms with E-state index in [9.17, 15) is 74.7 Å². The summed E-state index contributed by atoms with van der Waals surface area (Å²) in [4.78, 5) is -4.38. The van der Waals surface area contributed by atoms with Crippen LogP contribution in [0.5, 0.6) is 92.0 Å². The number of ether oxygens (including phenoxy) is 9. The van der Waals surface area contributed by atoms with Crippen LogP contribution in [-0.2, 0) is 101 Å². The van der Waals surface area contributed by atoms with Gasteiger partial charge in [-0.3, -0.25) is 13.7 Å². The van der Waals surface area contributed by atoms with Gasteiger partial charge >= 0.3 is 0 Å². The number of rotatable bonds is 40. The van der Waals surface area contributed by atoms with Crippen LogP contribution in [0.2, 0.25) is 0 Å². The summed E-state index contributed by atoms with van der Waals surface area (Å²) in [5.41, 5.74) is 9.17. The summed E-state index contributed by atoms with van der Waals surface area (Å²) in [6.07, 6.45) is 1.13. The first-order valence-corrected chi connectivity index (χ1v) is 54.0. The number of hydrogen-bond acceptors (Lipinski definition) is 35. The Morgan fingerprint density at radius 3 is 0.811 bits per heavy atom. The van der Waals surface area contributed by atoms with Crippen molar-refractivity contribution >= 4 is 96.0 Å². The maximum atomic E-state index is 14.0. The van der Waals surface area contributed by atoms with Crippen molar-refractivity contribution in [1.82, 2.24) is 0 Å². The Balaban J connectivity index is 0.000000222. The second kappa shape index (κ2) is 47.2. The Labute approximate surface area is 860 Å². The predicted molar refractivity (Wildman–Crippen MR) is 537 cm³/mol. The summed E-state index contributed by atoms with van der Waals surface area (Å²) >= 11 is 1.39. The van der Waals surface area contributed by atoms with Gasteiger partial charge in [-0.25, -0.2) is 41.0 Å². The lowest BCUT2D eigenvalue weighted by molar-refractivity contribution is -0.432. The topological polar surface area (TPSA) is 512 Å². The highest BCUT2D eigenvalue weighted by Gasteiger charge is 2.31. The summed E-state index contributed by atoms with van der Waals surface area (Å²) in [5, 5.41) is 57.1. The third-order valence-electron chi connectivity index (χ3n) is 22.0. The van der Waals surface area contributed by atoms with Crippen molar-refractivity contribution in [2.24, 2.45) is 0 Å². The smallest absolute Gasteiger partial charge is 0.298 e. The van der Waals surface area contributed by atoms with Crippen molar-refractivity contribution < 1.29 is 151 Å². The third kappa shape index (κ3) is 26.5. The zero-order chi connectivity index (χ0) is 105. The van der Waals surface area contributed by atoms with Crippen LogP contribution < -0.4 is 42.6 Å². The van der Waals surface area contributed by atoms with Crippen LogP contribution >= 0.6 is 36.1 Å². The molecule has 0 aromatic heterocycles. The SMILES string of the molecule is COc1ccc(Cc2ccc(Oc3ccc(S(=O)(=O)c4ccc(Oc5ccc(-c6ccc(Oc7ccc(S(=O)(=O)c8ccc(C)c(SOOO)c8)cc7S(=O)(=O)O)cc6)cc5)c(SOOO)c4)cc3S(=O)(=O)O)cc2)cc1.COc1ccc(S(=O)(=O)c2ccc(Oc3ccc(Cc4ccc(Oc5cccc(Oc6ccc(-c7ccc(Oc8cccc(C)c8C#N)cc7)cc6)c5C#N)cc4)cc3)c(SOOO)c2)cc1S(=O)(=O)O. The molecule has 756 valence electrons. The fourth-order valence-electron chi connectivity index (χ4n) is 14.6. The fraction of sp³-hybridized carbons (Fsp3) is 0.0577. The lowest BCUT2D eigenvalue weighted by Gasteiger charge is -2.14. The average Bonchev–Trinajstić information content (AvgIpc) is 0.775. The molecular weight excluding hydrogens is 2090 g/mol. The third-order valence-corrected chi connectivity index (χ3v) is 31.9. The summed E-state index contributed by atoms with van der Waals surface area (Å²) in [5.74, 6) is 3.67. The second-order valence-corrected chi connectivity index (χ2v) is 43.8. The van der Waals surface area contributed by atoms with Gasteiger partial charge < -0.3 is 42.6 Å². The second-order valence-electron chi connectivity index (χ2n) is 31.5. The molecule has 0 aliphatic rings. The van der Waals surface area contributed by atoms with Gasteiger partial charge in [0.05, 0.1) is 95.1 Å². The Morgan fingerprint density at radius 2 is 0.507 bits per heavy atom. The summed E-state index contributed by atoms with van der Waals surface area (Å²) in [6, 6.07) is 91.9. The Kier molecular flexibility index (Phi) is 34.2.